The first-order chi connectivity index (χ1) is 7.07. The molecular weight excluding hydrogens is 209 g/mol. The average molecular weight is 216 g/mol. The molecule has 0 fully saturated rings. The maximum atomic E-state index is 12.2. The smallest absolute Gasteiger partial charge is 0.302 e. The number of rotatable bonds is 1. The summed E-state index contributed by atoms with van der Waals surface area (Å²) in [6, 6.07) is 4.92. The number of halogens is 3. The normalized spacial score (nSPS) is 21.0. The number of alkyl halides is 3. The van der Waals surface area contributed by atoms with Crippen LogP contribution in [0.15, 0.2) is 29.4 Å². The van der Waals surface area contributed by atoms with Gasteiger partial charge in [-0.05, 0) is 12.1 Å². The summed E-state index contributed by atoms with van der Waals surface area (Å²) in [6.07, 6.45) is -4.82. The van der Waals surface area contributed by atoms with E-state index < -0.39 is 12.3 Å². The Morgan fingerprint density at radius 3 is 2.60 bits per heavy atom. The van der Waals surface area contributed by atoms with Crippen LogP contribution in [0.5, 0.6) is 0 Å². The largest absolute Gasteiger partial charge is 0.425 e. The van der Waals surface area contributed by atoms with Crippen molar-refractivity contribution < 1.29 is 13.2 Å². The molecule has 7 heteroatoms. The predicted molar refractivity (Wildman–Crippen MR) is 46.9 cm³/mol. The molecule has 80 valence electrons. The van der Waals surface area contributed by atoms with Gasteiger partial charge in [-0.1, -0.05) is 6.07 Å². The minimum absolute atomic E-state index is 0.0953. The number of hydrogen-bond donors (Lipinski definition) is 2. The third-order valence-electron chi connectivity index (χ3n) is 1.80. The van der Waals surface area contributed by atoms with Gasteiger partial charge in [0.2, 0.25) is 6.17 Å². The van der Waals surface area contributed by atoms with Gasteiger partial charge in [0.1, 0.15) is 5.69 Å². The average Bonchev–Trinajstić information content (AvgIpc) is 2.67. The van der Waals surface area contributed by atoms with Crippen molar-refractivity contribution in [1.82, 2.24) is 15.8 Å². The van der Waals surface area contributed by atoms with Gasteiger partial charge in [-0.15, -0.1) is 0 Å². The lowest BCUT2D eigenvalue weighted by Gasteiger charge is -2.10. The summed E-state index contributed by atoms with van der Waals surface area (Å²) >= 11 is 0. The van der Waals surface area contributed by atoms with E-state index >= 15 is 0 Å². The summed E-state index contributed by atoms with van der Waals surface area (Å²) in [5.41, 5.74) is 4.75. The Morgan fingerprint density at radius 1 is 1.27 bits per heavy atom. The molecule has 0 amide bonds. The van der Waals surface area contributed by atoms with E-state index in [9.17, 15) is 13.2 Å². The third kappa shape index (κ3) is 2.07. The van der Waals surface area contributed by atoms with Crippen molar-refractivity contribution >= 4 is 5.84 Å². The first kappa shape index (κ1) is 9.91. The zero-order valence-corrected chi connectivity index (χ0v) is 7.42. The molecule has 1 atom stereocenters. The zero-order valence-electron chi connectivity index (χ0n) is 7.42. The second-order valence-corrected chi connectivity index (χ2v) is 2.91. The van der Waals surface area contributed by atoms with Crippen LogP contribution < -0.4 is 10.9 Å². The number of pyridine rings is 1. The van der Waals surface area contributed by atoms with Gasteiger partial charge in [0.25, 0.3) is 0 Å². The molecule has 4 nitrogen and oxygen atoms in total. The zero-order chi connectivity index (χ0) is 10.9. The van der Waals surface area contributed by atoms with Crippen LogP contribution in [-0.4, -0.2) is 23.2 Å². The molecule has 1 aliphatic rings. The Bertz CT molecular complexity index is 373. The van der Waals surface area contributed by atoms with E-state index in [1.807, 2.05) is 5.43 Å². The van der Waals surface area contributed by atoms with Crippen LogP contribution in [0.1, 0.15) is 5.69 Å². The van der Waals surface area contributed by atoms with Crippen molar-refractivity contribution in [3.05, 3.63) is 30.1 Å². The van der Waals surface area contributed by atoms with Gasteiger partial charge >= 0.3 is 6.18 Å². The quantitative estimate of drug-likeness (QED) is 0.730. The second kappa shape index (κ2) is 3.50. The minimum Gasteiger partial charge on any atom is -0.302 e. The summed E-state index contributed by atoms with van der Waals surface area (Å²) in [5.74, 6) is 0.0953. The SMILES string of the molecule is FC(F)(F)C1N=C(c2ccccn2)NN1. The highest BCUT2D eigenvalue weighted by Gasteiger charge is 2.42. The standard InChI is InChI=1S/C8H7F3N4/c9-8(10,11)7-13-6(14-15-7)5-3-1-2-4-12-5/h1-4,7,15H,(H,13,14). The molecule has 1 aliphatic heterocycles. The molecule has 1 aromatic heterocycles. The van der Waals surface area contributed by atoms with Crippen LogP contribution in [0.4, 0.5) is 13.2 Å². The fourth-order valence-electron chi connectivity index (χ4n) is 1.12. The van der Waals surface area contributed by atoms with Crippen LogP contribution in [0, 0.1) is 0 Å². The van der Waals surface area contributed by atoms with E-state index in [1.165, 1.54) is 6.20 Å². The van der Waals surface area contributed by atoms with E-state index in [0.717, 1.165) is 0 Å². The molecule has 0 aromatic carbocycles. The van der Waals surface area contributed by atoms with Crippen LogP contribution in [0.25, 0.3) is 0 Å². The fourth-order valence-corrected chi connectivity index (χ4v) is 1.12. The second-order valence-electron chi connectivity index (χ2n) is 2.91. The first-order valence-corrected chi connectivity index (χ1v) is 4.15. The number of hydrogen-bond acceptors (Lipinski definition) is 4. The van der Waals surface area contributed by atoms with Gasteiger partial charge in [-0.2, -0.15) is 13.2 Å². The lowest BCUT2D eigenvalue weighted by molar-refractivity contribution is -0.152. The maximum Gasteiger partial charge on any atom is 0.425 e. The van der Waals surface area contributed by atoms with Crippen molar-refractivity contribution in [3.63, 3.8) is 0 Å². The number of nitrogens with zero attached hydrogens (tertiary/aromatic N) is 2. The summed E-state index contributed by atoms with van der Waals surface area (Å²) in [5, 5.41) is 0. The molecule has 2 rings (SSSR count). The minimum atomic E-state index is -4.40. The number of aromatic nitrogens is 1. The molecule has 15 heavy (non-hydrogen) atoms. The highest BCUT2D eigenvalue weighted by Crippen LogP contribution is 2.22. The van der Waals surface area contributed by atoms with E-state index in [2.05, 4.69) is 15.4 Å². The number of amidine groups is 1. The molecule has 1 unspecified atom stereocenters. The van der Waals surface area contributed by atoms with E-state index in [1.54, 1.807) is 18.2 Å². The maximum absolute atomic E-state index is 12.2. The number of aliphatic imine (C=N–C) groups is 1. The highest BCUT2D eigenvalue weighted by atomic mass is 19.4. The van der Waals surface area contributed by atoms with Crippen LogP contribution in [-0.2, 0) is 0 Å². The Balaban J connectivity index is 2.21. The summed E-state index contributed by atoms with van der Waals surface area (Å²) < 4.78 is 36.7. The Hall–Kier alpha value is -1.63. The molecular formula is C8H7F3N4. The molecule has 2 heterocycles. The molecule has 1 aromatic rings. The Labute approximate surface area is 83.2 Å². The topological polar surface area (TPSA) is 49.3 Å². The van der Waals surface area contributed by atoms with Crippen molar-refractivity contribution in [3.8, 4) is 0 Å². The third-order valence-corrected chi connectivity index (χ3v) is 1.80. The Kier molecular flexibility index (Phi) is 2.31. The molecule has 0 saturated heterocycles. The summed E-state index contributed by atoms with van der Waals surface area (Å²) in [7, 11) is 0. The lowest BCUT2D eigenvalue weighted by atomic mass is 10.3. The Morgan fingerprint density at radius 2 is 2.07 bits per heavy atom. The van der Waals surface area contributed by atoms with Crippen molar-refractivity contribution in [2.45, 2.75) is 12.3 Å². The van der Waals surface area contributed by atoms with Crippen LogP contribution >= 0.6 is 0 Å². The molecule has 0 spiro atoms. The molecule has 0 saturated carbocycles. The van der Waals surface area contributed by atoms with Gasteiger partial charge in [-0.3, -0.25) is 4.98 Å². The van der Waals surface area contributed by atoms with E-state index in [0.29, 0.717) is 5.69 Å². The van der Waals surface area contributed by atoms with Gasteiger partial charge in [0.15, 0.2) is 5.84 Å². The summed E-state index contributed by atoms with van der Waals surface area (Å²) in [6.45, 7) is 0. The van der Waals surface area contributed by atoms with Gasteiger partial charge < -0.3 is 5.43 Å². The monoisotopic (exact) mass is 216 g/mol. The van der Waals surface area contributed by atoms with Gasteiger partial charge in [-0.25, -0.2) is 10.4 Å². The van der Waals surface area contributed by atoms with E-state index in [4.69, 9.17) is 0 Å². The number of hydrazine groups is 1. The van der Waals surface area contributed by atoms with Crippen LogP contribution in [0.3, 0.4) is 0 Å². The van der Waals surface area contributed by atoms with E-state index in [-0.39, 0.29) is 5.84 Å². The molecule has 2 N–H and O–H groups in total. The molecule has 0 bridgehead atoms. The molecule has 0 radical (unpaired) electrons. The predicted octanol–water partition coefficient (Wildman–Crippen LogP) is 0.824. The fraction of sp³-hybridized carbons (Fsp3) is 0.250. The molecule has 0 aliphatic carbocycles. The highest BCUT2D eigenvalue weighted by molar-refractivity contribution is 5.97. The van der Waals surface area contributed by atoms with Crippen molar-refractivity contribution in [2.24, 2.45) is 4.99 Å². The lowest BCUT2D eigenvalue weighted by Crippen LogP contribution is -2.43. The van der Waals surface area contributed by atoms with Crippen molar-refractivity contribution in [2.75, 3.05) is 0 Å². The first-order valence-electron chi connectivity index (χ1n) is 4.15. The summed E-state index contributed by atoms with van der Waals surface area (Å²) in [4.78, 5) is 7.31. The van der Waals surface area contributed by atoms with Gasteiger partial charge in [0, 0.05) is 6.20 Å². The number of nitrogens with one attached hydrogen (secondary N) is 2. The van der Waals surface area contributed by atoms with Crippen LogP contribution in [0.2, 0.25) is 0 Å². The van der Waals surface area contributed by atoms with Crippen molar-refractivity contribution in [1.29, 1.82) is 0 Å². The van der Waals surface area contributed by atoms with Gasteiger partial charge in [0.05, 0.1) is 0 Å².